The van der Waals surface area contributed by atoms with Gasteiger partial charge in [0.05, 0.1) is 0 Å². The fourth-order valence-corrected chi connectivity index (χ4v) is 17.9. The normalized spacial score (nSPS) is 43.6. The van der Waals surface area contributed by atoms with E-state index in [1.54, 1.807) is 135 Å². The Labute approximate surface area is 368 Å². The fourth-order valence-electron chi connectivity index (χ4n) is 17.9. The molecule has 0 aromatic carbocycles. The Morgan fingerprint density at radius 2 is 0.862 bits per heavy atom. The molecule has 16 atom stereocenters. The molecule has 0 saturated heterocycles. The van der Waals surface area contributed by atoms with E-state index in [1.807, 2.05) is 27.7 Å². The highest BCUT2D eigenvalue weighted by molar-refractivity contribution is 5.06. The summed E-state index contributed by atoms with van der Waals surface area (Å²) in [5.74, 6) is 19.7. The third kappa shape index (κ3) is 11.4. The second-order valence-electron chi connectivity index (χ2n) is 22.4. The Morgan fingerprint density at radius 1 is 0.397 bits per heavy atom. The number of unbranched alkanes of at least 4 members (excludes halogenated alkanes) is 4. The van der Waals surface area contributed by atoms with Gasteiger partial charge in [-0.2, -0.15) is 0 Å². The predicted molar refractivity (Wildman–Crippen MR) is 260 cm³/mol. The molecule has 8 fully saturated rings. The van der Waals surface area contributed by atoms with Crippen LogP contribution in [0.15, 0.2) is 0 Å². The van der Waals surface area contributed by atoms with Gasteiger partial charge in [0.1, 0.15) is 0 Å². The molecule has 0 aromatic heterocycles. The van der Waals surface area contributed by atoms with Crippen molar-refractivity contribution in [1.82, 2.24) is 0 Å². The van der Waals surface area contributed by atoms with Gasteiger partial charge in [0, 0.05) is 0 Å². The summed E-state index contributed by atoms with van der Waals surface area (Å²) >= 11 is 0. The Balaban J connectivity index is 0.00000120. The van der Waals surface area contributed by atoms with Gasteiger partial charge in [-0.3, -0.25) is 0 Å². The van der Waals surface area contributed by atoms with Crippen molar-refractivity contribution < 1.29 is 0 Å². The quantitative estimate of drug-likeness (QED) is 0.172. The first-order valence-corrected chi connectivity index (χ1v) is 27.6. The van der Waals surface area contributed by atoms with Gasteiger partial charge in [-0.1, -0.05) is 141 Å². The Hall–Kier alpha value is 0. The summed E-state index contributed by atoms with van der Waals surface area (Å²) in [7, 11) is 0. The zero-order valence-electron chi connectivity index (χ0n) is 39.6. The Bertz CT molecular complexity index is 1070. The topological polar surface area (TPSA) is 0 Å². The molecule has 0 nitrogen and oxygen atoms in total. The van der Waals surface area contributed by atoms with Gasteiger partial charge in [0.2, 0.25) is 0 Å². The van der Waals surface area contributed by atoms with Crippen molar-refractivity contribution in [2.24, 2.45) is 107 Å². The molecular weight excluding hydrogens is 697 g/mol. The molecule has 0 N–H and O–H groups in total. The lowest BCUT2D eigenvalue weighted by atomic mass is 9.43. The maximum atomic E-state index is 2.66. The first-order valence-electron chi connectivity index (χ1n) is 27.6. The standard InChI is InChI=1S/C52H90.2C2H6.2CH4/c1-5-8-10-11-13-37-16-14-35(4)15-28-47-45(29-23-40-21-22-43(37)34-50(40)47)38-17-19-39(20-18-38)46-31-25-42-26-32-48-44(36(7-3)12-9-6-2)30-24-41-27-33-49(46)52(42)51(41)48;2*1-2;;/h35-52H,5-34H2,1-4H3;2*1-2H3;2*1H4. The van der Waals surface area contributed by atoms with Crippen molar-refractivity contribution in [2.45, 2.75) is 263 Å². The summed E-state index contributed by atoms with van der Waals surface area (Å²) in [4.78, 5) is 0. The van der Waals surface area contributed by atoms with Crippen LogP contribution in [0, 0.1) is 107 Å². The largest absolute Gasteiger partial charge is 0.0776 e. The van der Waals surface area contributed by atoms with Crippen molar-refractivity contribution in [1.29, 1.82) is 0 Å². The van der Waals surface area contributed by atoms with Crippen LogP contribution in [0.4, 0.5) is 0 Å². The van der Waals surface area contributed by atoms with Crippen LogP contribution >= 0.6 is 0 Å². The molecular formula is C58H110. The second kappa shape index (κ2) is 25.3. The zero-order chi connectivity index (χ0) is 39.6. The van der Waals surface area contributed by atoms with E-state index in [4.69, 9.17) is 0 Å². The molecule has 0 spiro atoms. The van der Waals surface area contributed by atoms with Gasteiger partial charge in [-0.25, -0.2) is 0 Å². The molecule has 0 aliphatic heterocycles. The minimum absolute atomic E-state index is 0. The van der Waals surface area contributed by atoms with Crippen molar-refractivity contribution in [3.05, 3.63) is 0 Å². The third-order valence-corrected chi connectivity index (χ3v) is 20.4. The SMILES string of the molecule is C.C.CC.CC.CCCCCCC1CCC(C)CCC2C(C3CCC(C4CCC5CCC6C(C(CC)CCCC)CCC7CCC4C5C76)CC3)CCC3CCC1CC32. The highest BCUT2D eigenvalue weighted by Gasteiger charge is 2.57. The van der Waals surface area contributed by atoms with Crippen molar-refractivity contribution in [3.63, 3.8) is 0 Å². The minimum atomic E-state index is 0. The Kier molecular flexibility index (Phi) is 22.1. The number of rotatable bonds is 12. The summed E-state index contributed by atoms with van der Waals surface area (Å²) in [5.41, 5.74) is 0. The smallest absolute Gasteiger partial charge is 0.0321 e. The number of hydrogen-bond acceptors (Lipinski definition) is 0. The van der Waals surface area contributed by atoms with Gasteiger partial charge in [0.25, 0.3) is 0 Å². The first kappa shape index (κ1) is 50.6. The average Bonchev–Trinajstić information content (AvgIpc) is 3.26. The van der Waals surface area contributed by atoms with Crippen molar-refractivity contribution in [2.75, 3.05) is 0 Å². The van der Waals surface area contributed by atoms with Gasteiger partial charge in [-0.05, 0) is 229 Å². The molecule has 0 amide bonds. The van der Waals surface area contributed by atoms with E-state index < -0.39 is 0 Å². The van der Waals surface area contributed by atoms with Gasteiger partial charge in [-0.15, -0.1) is 0 Å². The summed E-state index contributed by atoms with van der Waals surface area (Å²) in [5, 5.41) is 0. The lowest BCUT2D eigenvalue weighted by Gasteiger charge is -2.62. The molecule has 16 unspecified atom stereocenters. The van der Waals surface area contributed by atoms with Crippen LogP contribution in [-0.2, 0) is 0 Å². The predicted octanol–water partition coefficient (Wildman–Crippen LogP) is 19.3. The summed E-state index contributed by atoms with van der Waals surface area (Å²) in [6.07, 6.45) is 47.2. The average molecular weight is 808 g/mol. The maximum Gasteiger partial charge on any atom is -0.0321 e. The van der Waals surface area contributed by atoms with Crippen LogP contribution in [0.2, 0.25) is 0 Å². The minimum Gasteiger partial charge on any atom is -0.0776 e. The molecule has 342 valence electrons. The molecule has 58 heavy (non-hydrogen) atoms. The summed E-state index contributed by atoms with van der Waals surface area (Å²) in [6.45, 7) is 18.0. The maximum absolute atomic E-state index is 2.66. The lowest BCUT2D eigenvalue weighted by Crippen LogP contribution is -2.55. The van der Waals surface area contributed by atoms with Gasteiger partial charge in [0.15, 0.2) is 0 Å². The summed E-state index contributed by atoms with van der Waals surface area (Å²) in [6, 6.07) is 0. The first-order chi connectivity index (χ1) is 27.6. The molecule has 8 aliphatic carbocycles. The van der Waals surface area contributed by atoms with E-state index in [9.17, 15) is 0 Å². The molecule has 0 aromatic rings. The van der Waals surface area contributed by atoms with E-state index in [1.165, 1.54) is 57.8 Å². The summed E-state index contributed by atoms with van der Waals surface area (Å²) < 4.78 is 0. The molecule has 8 aliphatic rings. The van der Waals surface area contributed by atoms with Crippen LogP contribution in [0.3, 0.4) is 0 Å². The second-order valence-corrected chi connectivity index (χ2v) is 22.4. The van der Waals surface area contributed by atoms with Crippen LogP contribution in [-0.4, -0.2) is 0 Å². The highest BCUT2D eigenvalue weighted by Crippen LogP contribution is 2.65. The van der Waals surface area contributed by atoms with E-state index in [2.05, 4.69) is 27.7 Å². The van der Waals surface area contributed by atoms with Crippen LogP contribution < -0.4 is 0 Å². The molecule has 8 rings (SSSR count). The highest BCUT2D eigenvalue weighted by atomic mass is 14.6. The molecule has 2 bridgehead atoms. The van der Waals surface area contributed by atoms with Crippen molar-refractivity contribution >= 4 is 0 Å². The molecule has 0 heteroatoms. The molecule has 8 saturated carbocycles. The van der Waals surface area contributed by atoms with Crippen LogP contribution in [0.25, 0.3) is 0 Å². The van der Waals surface area contributed by atoms with Crippen LogP contribution in [0.1, 0.15) is 263 Å². The number of hydrogen-bond donors (Lipinski definition) is 0. The fraction of sp³-hybridized carbons (Fsp3) is 1.00. The Morgan fingerprint density at radius 3 is 1.48 bits per heavy atom. The van der Waals surface area contributed by atoms with E-state index in [-0.39, 0.29) is 14.9 Å². The molecule has 0 radical (unpaired) electrons. The van der Waals surface area contributed by atoms with Gasteiger partial charge >= 0.3 is 0 Å². The van der Waals surface area contributed by atoms with Gasteiger partial charge < -0.3 is 0 Å². The lowest BCUT2D eigenvalue weighted by molar-refractivity contribution is -0.133. The van der Waals surface area contributed by atoms with Crippen molar-refractivity contribution in [3.8, 4) is 0 Å². The van der Waals surface area contributed by atoms with E-state index in [0.717, 1.165) is 107 Å². The number of fused-ring (bicyclic) bond motifs is 1. The molecule has 0 heterocycles. The zero-order valence-corrected chi connectivity index (χ0v) is 39.6. The van der Waals surface area contributed by atoms with E-state index >= 15 is 0 Å². The van der Waals surface area contributed by atoms with Crippen LogP contribution in [0.5, 0.6) is 0 Å². The van der Waals surface area contributed by atoms with E-state index in [0.29, 0.717) is 0 Å². The third-order valence-electron chi connectivity index (χ3n) is 20.4. The monoisotopic (exact) mass is 807 g/mol.